The summed E-state index contributed by atoms with van der Waals surface area (Å²) in [6.45, 7) is 2.56. The highest BCUT2D eigenvalue weighted by molar-refractivity contribution is 7.08. The second kappa shape index (κ2) is 5.93. The highest BCUT2D eigenvalue weighted by Gasteiger charge is 2.47. The van der Waals surface area contributed by atoms with Crippen molar-refractivity contribution in [1.29, 1.82) is 0 Å². The topological polar surface area (TPSA) is 40.6 Å². The van der Waals surface area contributed by atoms with E-state index < -0.39 is 0 Å². The molecular formula is C18H24N2O2S. The van der Waals surface area contributed by atoms with E-state index in [2.05, 4.69) is 4.90 Å². The van der Waals surface area contributed by atoms with Gasteiger partial charge in [0.25, 0.3) is 5.91 Å². The molecule has 1 atom stereocenters. The van der Waals surface area contributed by atoms with Crippen LogP contribution in [0, 0.1) is 5.92 Å². The third-order valence-corrected chi connectivity index (χ3v) is 6.47. The molecule has 0 radical (unpaired) electrons. The van der Waals surface area contributed by atoms with Gasteiger partial charge in [0, 0.05) is 37.0 Å². The van der Waals surface area contributed by atoms with Gasteiger partial charge in [-0.25, -0.2) is 0 Å². The number of hydrogen-bond acceptors (Lipinski definition) is 3. The van der Waals surface area contributed by atoms with Crippen LogP contribution in [0.2, 0.25) is 0 Å². The maximum absolute atomic E-state index is 12.6. The Morgan fingerprint density at radius 1 is 1.26 bits per heavy atom. The van der Waals surface area contributed by atoms with Crippen LogP contribution in [0.4, 0.5) is 0 Å². The summed E-state index contributed by atoms with van der Waals surface area (Å²) in [6.07, 6.45) is 7.25. The maximum atomic E-state index is 12.6. The van der Waals surface area contributed by atoms with Crippen LogP contribution in [0.3, 0.4) is 0 Å². The number of nitrogens with zero attached hydrogens (tertiary/aromatic N) is 2. The molecule has 2 aliphatic heterocycles. The third-order valence-electron chi connectivity index (χ3n) is 5.79. The zero-order valence-electron chi connectivity index (χ0n) is 13.5. The lowest BCUT2D eigenvalue weighted by atomic mass is 9.87. The molecule has 1 aromatic heterocycles. The highest BCUT2D eigenvalue weighted by atomic mass is 32.1. The van der Waals surface area contributed by atoms with E-state index in [-0.39, 0.29) is 11.4 Å². The van der Waals surface area contributed by atoms with E-state index in [1.165, 1.54) is 12.8 Å². The molecule has 0 unspecified atom stereocenters. The normalized spacial score (nSPS) is 28.4. The number of carbonyl (C=O) groups excluding carboxylic acids is 2. The Hall–Kier alpha value is -1.36. The third kappa shape index (κ3) is 2.91. The highest BCUT2D eigenvalue weighted by Crippen LogP contribution is 2.42. The summed E-state index contributed by atoms with van der Waals surface area (Å²) in [7, 11) is 0. The summed E-state index contributed by atoms with van der Waals surface area (Å²) in [4.78, 5) is 29.2. The van der Waals surface area contributed by atoms with Crippen LogP contribution in [-0.2, 0) is 4.79 Å². The van der Waals surface area contributed by atoms with Crippen molar-refractivity contribution in [2.75, 3.05) is 19.6 Å². The Morgan fingerprint density at radius 2 is 2.13 bits per heavy atom. The second-order valence-electron chi connectivity index (χ2n) is 7.33. The molecule has 1 spiro atoms. The Kier molecular flexibility index (Phi) is 3.92. The van der Waals surface area contributed by atoms with Gasteiger partial charge in [-0.1, -0.05) is 0 Å². The largest absolute Gasteiger partial charge is 0.339 e. The quantitative estimate of drug-likeness (QED) is 0.853. The van der Waals surface area contributed by atoms with Crippen molar-refractivity contribution in [3.63, 3.8) is 0 Å². The van der Waals surface area contributed by atoms with Crippen molar-refractivity contribution in [2.45, 2.75) is 50.5 Å². The average molecular weight is 332 g/mol. The van der Waals surface area contributed by atoms with E-state index in [4.69, 9.17) is 0 Å². The van der Waals surface area contributed by atoms with Crippen LogP contribution in [-0.4, -0.2) is 46.8 Å². The molecule has 0 aromatic carbocycles. The Balaban J connectivity index is 1.47. The monoisotopic (exact) mass is 332 g/mol. The molecule has 23 heavy (non-hydrogen) atoms. The number of hydrogen-bond donors (Lipinski definition) is 0. The standard InChI is InChI=1S/C18H24N2O2S/c21-16-4-7-18(20(16)12-14-2-3-14)6-1-9-19(10-8-18)17(22)15-5-11-23-13-15/h5,11,13-14H,1-4,6-10,12H2/t18-/m0/s1. The van der Waals surface area contributed by atoms with Gasteiger partial charge >= 0.3 is 0 Å². The Labute approximate surface area is 141 Å². The van der Waals surface area contributed by atoms with E-state index in [1.54, 1.807) is 11.3 Å². The molecule has 3 fully saturated rings. The summed E-state index contributed by atoms with van der Waals surface area (Å²) in [6, 6.07) is 1.91. The SMILES string of the molecule is O=C(c1ccsc1)N1CCC[C@]2(CCC(=O)N2CC2CC2)CC1. The molecule has 3 aliphatic rings. The second-order valence-corrected chi connectivity index (χ2v) is 8.11. The van der Waals surface area contributed by atoms with Crippen molar-refractivity contribution >= 4 is 23.2 Å². The fourth-order valence-corrected chi connectivity index (χ4v) is 4.83. The molecule has 5 heteroatoms. The summed E-state index contributed by atoms with van der Waals surface area (Å²) < 4.78 is 0. The van der Waals surface area contributed by atoms with Gasteiger partial charge in [-0.2, -0.15) is 11.3 Å². The number of carbonyl (C=O) groups is 2. The molecule has 2 amide bonds. The van der Waals surface area contributed by atoms with E-state index >= 15 is 0 Å². The number of amides is 2. The smallest absolute Gasteiger partial charge is 0.254 e. The Bertz CT molecular complexity index is 596. The molecule has 2 saturated heterocycles. The minimum absolute atomic E-state index is 0.0311. The molecule has 1 aromatic rings. The van der Waals surface area contributed by atoms with Crippen LogP contribution in [0.1, 0.15) is 55.3 Å². The fraction of sp³-hybridized carbons (Fsp3) is 0.667. The predicted octanol–water partition coefficient (Wildman–Crippen LogP) is 3.15. The van der Waals surface area contributed by atoms with Crippen molar-refractivity contribution < 1.29 is 9.59 Å². The van der Waals surface area contributed by atoms with Gasteiger partial charge in [-0.05, 0) is 55.9 Å². The van der Waals surface area contributed by atoms with Gasteiger partial charge in [0.2, 0.25) is 5.91 Å². The van der Waals surface area contributed by atoms with Crippen molar-refractivity contribution in [3.05, 3.63) is 22.4 Å². The van der Waals surface area contributed by atoms with Crippen LogP contribution >= 0.6 is 11.3 Å². The molecule has 1 aliphatic carbocycles. The number of rotatable bonds is 3. The average Bonchev–Trinajstić information content (AvgIpc) is 3.18. The number of likely N-dealkylation sites (tertiary alicyclic amines) is 2. The van der Waals surface area contributed by atoms with Crippen LogP contribution in [0.5, 0.6) is 0 Å². The molecule has 1 saturated carbocycles. The molecule has 3 heterocycles. The first-order valence-electron chi connectivity index (χ1n) is 8.80. The van der Waals surface area contributed by atoms with Gasteiger partial charge < -0.3 is 9.80 Å². The van der Waals surface area contributed by atoms with Gasteiger partial charge in [0.1, 0.15) is 0 Å². The molecule has 4 rings (SSSR count). The first kappa shape index (κ1) is 15.2. The van der Waals surface area contributed by atoms with E-state index in [9.17, 15) is 9.59 Å². The summed E-state index contributed by atoms with van der Waals surface area (Å²) in [5.74, 6) is 1.23. The molecule has 4 nitrogen and oxygen atoms in total. The summed E-state index contributed by atoms with van der Waals surface area (Å²) in [5.41, 5.74) is 0.840. The van der Waals surface area contributed by atoms with Crippen molar-refractivity contribution in [3.8, 4) is 0 Å². The van der Waals surface area contributed by atoms with Crippen LogP contribution < -0.4 is 0 Å². The minimum atomic E-state index is 0.0311. The summed E-state index contributed by atoms with van der Waals surface area (Å²) in [5, 5.41) is 3.89. The maximum Gasteiger partial charge on any atom is 0.254 e. The van der Waals surface area contributed by atoms with Crippen molar-refractivity contribution in [1.82, 2.24) is 9.80 Å². The van der Waals surface area contributed by atoms with E-state index in [0.29, 0.717) is 12.3 Å². The predicted molar refractivity (Wildman–Crippen MR) is 90.5 cm³/mol. The van der Waals surface area contributed by atoms with Gasteiger partial charge in [0.15, 0.2) is 0 Å². The fourth-order valence-electron chi connectivity index (χ4n) is 4.20. The van der Waals surface area contributed by atoms with Crippen LogP contribution in [0.25, 0.3) is 0 Å². The van der Waals surface area contributed by atoms with Crippen molar-refractivity contribution in [2.24, 2.45) is 5.92 Å². The number of thiophene rings is 1. The van der Waals surface area contributed by atoms with Crippen LogP contribution in [0.15, 0.2) is 16.8 Å². The summed E-state index contributed by atoms with van der Waals surface area (Å²) >= 11 is 1.57. The van der Waals surface area contributed by atoms with E-state index in [0.717, 1.165) is 56.8 Å². The minimum Gasteiger partial charge on any atom is -0.339 e. The van der Waals surface area contributed by atoms with Gasteiger partial charge in [-0.3, -0.25) is 9.59 Å². The molecule has 0 bridgehead atoms. The zero-order valence-corrected chi connectivity index (χ0v) is 14.3. The first-order chi connectivity index (χ1) is 11.2. The zero-order chi connectivity index (χ0) is 15.9. The molecular weight excluding hydrogens is 308 g/mol. The Morgan fingerprint density at radius 3 is 2.87 bits per heavy atom. The molecule has 124 valence electrons. The lowest BCUT2D eigenvalue weighted by Gasteiger charge is -2.38. The first-order valence-corrected chi connectivity index (χ1v) is 9.74. The van der Waals surface area contributed by atoms with Gasteiger partial charge in [-0.15, -0.1) is 0 Å². The van der Waals surface area contributed by atoms with Gasteiger partial charge in [0.05, 0.1) is 5.56 Å². The lowest BCUT2D eigenvalue weighted by molar-refractivity contribution is -0.131. The lowest BCUT2D eigenvalue weighted by Crippen LogP contribution is -2.47. The van der Waals surface area contributed by atoms with E-state index in [1.807, 2.05) is 21.7 Å². The molecule has 0 N–H and O–H groups in total.